The fourth-order valence-corrected chi connectivity index (χ4v) is 9.20. The first kappa shape index (κ1) is 31.7. The number of rotatable bonds is 9. The second-order valence-electron chi connectivity index (χ2n) is 8.63. The molecule has 12 nitrogen and oxygen atoms in total. The van der Waals surface area contributed by atoms with Gasteiger partial charge in [-0.25, -0.2) is 0 Å². The summed E-state index contributed by atoms with van der Waals surface area (Å²) in [5, 5.41) is 0.813. The number of hydrogen-bond acceptors (Lipinski definition) is 9. The summed E-state index contributed by atoms with van der Waals surface area (Å²) in [6, 6.07) is 7.55. The smallest absolute Gasteiger partial charge is 0.298 e. The molecule has 3 rings (SSSR count). The predicted octanol–water partition coefficient (Wildman–Crippen LogP) is 2.14. The fourth-order valence-electron chi connectivity index (χ4n) is 4.15. The molecular formula is C24H27O12PS3. The van der Waals surface area contributed by atoms with Crippen LogP contribution in [0, 0.1) is 20.8 Å². The van der Waals surface area contributed by atoms with Crippen LogP contribution in [0.4, 0.5) is 0 Å². The largest absolute Gasteiger partial charge is 0.495 e. The topological polar surface area (TPSA) is 191 Å². The molecule has 0 fully saturated rings. The van der Waals surface area contributed by atoms with Crippen molar-refractivity contribution in [2.75, 3.05) is 21.3 Å². The van der Waals surface area contributed by atoms with Crippen LogP contribution in [0.15, 0.2) is 51.1 Å². The summed E-state index contributed by atoms with van der Waals surface area (Å²) < 4.78 is 119. The Balaban J connectivity index is 2.61. The van der Waals surface area contributed by atoms with Gasteiger partial charge in [-0.2, -0.15) is 25.3 Å². The van der Waals surface area contributed by atoms with Crippen LogP contribution in [0.3, 0.4) is 0 Å². The van der Waals surface area contributed by atoms with Crippen molar-refractivity contribution < 1.29 is 53.1 Å². The summed E-state index contributed by atoms with van der Waals surface area (Å²) in [4.78, 5) is -1.73. The van der Waals surface area contributed by atoms with Crippen molar-refractivity contribution >= 4 is 54.2 Å². The number of methoxy groups -OCH3 is 3. The van der Waals surface area contributed by atoms with Gasteiger partial charge in [-0.3, -0.25) is 13.7 Å². The Kier molecular flexibility index (Phi) is 8.92. The zero-order chi connectivity index (χ0) is 30.4. The maximum atomic E-state index is 12.3. The normalized spacial score (nSPS) is 12.4. The molecule has 0 radical (unpaired) electrons. The minimum atomic E-state index is -4.81. The molecule has 0 aliphatic carbocycles. The van der Waals surface area contributed by atoms with Gasteiger partial charge in [0.2, 0.25) is 0 Å². The van der Waals surface area contributed by atoms with Crippen LogP contribution in [-0.4, -0.2) is 60.2 Å². The average Bonchev–Trinajstić information content (AvgIpc) is 2.83. The fraction of sp³-hybridized carbons (Fsp3) is 0.250. The summed E-state index contributed by atoms with van der Waals surface area (Å²) in [5.74, 6) is -0.475. The minimum Gasteiger partial charge on any atom is -0.495 e. The molecule has 0 atom stereocenters. The third kappa shape index (κ3) is 6.25. The van der Waals surface area contributed by atoms with E-state index in [1.807, 2.05) is 0 Å². The Morgan fingerprint density at radius 1 is 0.500 bits per heavy atom. The number of hydrogen-bond donors (Lipinski definition) is 3. The molecular weight excluding hydrogens is 607 g/mol. The number of benzene rings is 3. The second kappa shape index (κ2) is 11.2. The van der Waals surface area contributed by atoms with Gasteiger partial charge in [0.1, 0.15) is 31.9 Å². The highest BCUT2D eigenvalue weighted by atomic mass is 32.2. The predicted molar refractivity (Wildman–Crippen MR) is 148 cm³/mol. The molecule has 3 aromatic carbocycles. The zero-order valence-electron chi connectivity index (χ0n) is 22.2. The van der Waals surface area contributed by atoms with Gasteiger partial charge in [-0.05, 0) is 97.7 Å². The van der Waals surface area contributed by atoms with E-state index in [0.29, 0.717) is 16.7 Å². The molecule has 0 amide bonds. The quantitative estimate of drug-likeness (QED) is 0.230. The molecule has 0 unspecified atom stereocenters. The Morgan fingerprint density at radius 2 is 0.725 bits per heavy atom. The van der Waals surface area contributed by atoms with E-state index in [2.05, 4.69) is 0 Å². The zero-order valence-corrected chi connectivity index (χ0v) is 25.5. The Morgan fingerprint density at radius 3 is 0.900 bits per heavy atom. The third-order valence-corrected chi connectivity index (χ3v) is 11.5. The number of aryl methyl sites for hydroxylation is 3. The standard InChI is InChI=1S/C24H27O12PS3/c1-13-7-16(34-4)22(38(25,26)27)10-19(13)37(20-11-23(39(28,29)30)17(35-5)8-14(20)2)21-12-24(40(31,32)33)18(36-6)9-15(21)3/h7-12H,1-6H3,(H,25,26,27)(H,28,29,30)(H,31,32,33). The van der Waals surface area contributed by atoms with Gasteiger partial charge in [-0.15, -0.1) is 0 Å². The Hall–Kier alpha value is -2.78. The van der Waals surface area contributed by atoms with Crippen molar-refractivity contribution in [2.24, 2.45) is 0 Å². The first-order valence-electron chi connectivity index (χ1n) is 11.1. The van der Waals surface area contributed by atoms with E-state index in [4.69, 9.17) is 14.2 Å². The highest BCUT2D eigenvalue weighted by molar-refractivity contribution is 7.87. The van der Waals surface area contributed by atoms with Crippen LogP contribution >= 0.6 is 7.92 Å². The maximum Gasteiger partial charge on any atom is 0.298 e. The lowest BCUT2D eigenvalue weighted by molar-refractivity contribution is 0.397. The lowest BCUT2D eigenvalue weighted by Gasteiger charge is -2.27. The van der Waals surface area contributed by atoms with Gasteiger partial charge in [0.25, 0.3) is 30.4 Å². The summed E-state index contributed by atoms with van der Waals surface area (Å²) in [6.45, 7) is 4.85. The van der Waals surface area contributed by atoms with Gasteiger partial charge < -0.3 is 14.2 Å². The Labute approximate surface area is 233 Å². The van der Waals surface area contributed by atoms with Gasteiger partial charge in [-0.1, -0.05) is 0 Å². The second-order valence-corrected chi connectivity index (χ2v) is 14.9. The lowest BCUT2D eigenvalue weighted by Crippen LogP contribution is -2.28. The lowest BCUT2D eigenvalue weighted by atomic mass is 10.2. The van der Waals surface area contributed by atoms with Crippen LogP contribution < -0.4 is 30.1 Å². The van der Waals surface area contributed by atoms with Crippen LogP contribution in [0.25, 0.3) is 0 Å². The van der Waals surface area contributed by atoms with Gasteiger partial charge in [0, 0.05) is 0 Å². The molecule has 218 valence electrons. The van der Waals surface area contributed by atoms with Crippen molar-refractivity contribution in [3.05, 3.63) is 53.1 Å². The molecule has 0 spiro atoms. The molecule has 0 aliphatic heterocycles. The van der Waals surface area contributed by atoms with E-state index in [0.717, 1.165) is 18.2 Å². The summed E-state index contributed by atoms with van der Waals surface area (Å²) >= 11 is 0. The molecule has 3 aromatic rings. The maximum absolute atomic E-state index is 12.3. The molecule has 40 heavy (non-hydrogen) atoms. The number of ether oxygens (including phenoxy) is 3. The first-order valence-corrected chi connectivity index (χ1v) is 16.8. The molecule has 0 aromatic heterocycles. The molecule has 0 saturated heterocycles. The highest BCUT2D eigenvalue weighted by Gasteiger charge is 2.31. The molecule has 0 aliphatic rings. The van der Waals surface area contributed by atoms with E-state index in [1.54, 1.807) is 20.8 Å². The van der Waals surface area contributed by atoms with Crippen molar-refractivity contribution in [3.63, 3.8) is 0 Å². The molecule has 0 bridgehead atoms. The van der Waals surface area contributed by atoms with Crippen LogP contribution in [0.2, 0.25) is 0 Å². The van der Waals surface area contributed by atoms with Crippen LogP contribution in [0.5, 0.6) is 17.2 Å². The Bertz CT molecular complexity index is 1600. The molecule has 16 heteroatoms. The van der Waals surface area contributed by atoms with E-state index in [9.17, 15) is 38.9 Å². The summed E-state index contributed by atoms with van der Waals surface area (Å²) in [5.41, 5.74) is 1.34. The van der Waals surface area contributed by atoms with E-state index < -0.39 is 53.0 Å². The monoisotopic (exact) mass is 634 g/mol. The highest BCUT2D eigenvalue weighted by Crippen LogP contribution is 2.42. The van der Waals surface area contributed by atoms with Gasteiger partial charge >= 0.3 is 0 Å². The van der Waals surface area contributed by atoms with Gasteiger partial charge in [0.15, 0.2) is 0 Å². The van der Waals surface area contributed by atoms with E-state index in [-0.39, 0.29) is 33.2 Å². The van der Waals surface area contributed by atoms with Crippen molar-refractivity contribution in [1.82, 2.24) is 0 Å². The summed E-state index contributed by atoms with van der Waals surface area (Å²) in [6.07, 6.45) is 0. The third-order valence-electron chi connectivity index (χ3n) is 6.00. The minimum absolute atomic E-state index is 0.158. The molecule has 0 saturated carbocycles. The van der Waals surface area contributed by atoms with Crippen molar-refractivity contribution in [2.45, 2.75) is 35.5 Å². The van der Waals surface area contributed by atoms with E-state index in [1.165, 1.54) is 39.5 Å². The van der Waals surface area contributed by atoms with Gasteiger partial charge in [0.05, 0.1) is 21.3 Å². The first-order chi connectivity index (χ1) is 18.3. The van der Waals surface area contributed by atoms with Crippen LogP contribution in [0.1, 0.15) is 16.7 Å². The van der Waals surface area contributed by atoms with Crippen LogP contribution in [-0.2, 0) is 30.4 Å². The summed E-state index contributed by atoms with van der Waals surface area (Å²) in [7, 11) is -12.8. The van der Waals surface area contributed by atoms with E-state index >= 15 is 0 Å². The van der Waals surface area contributed by atoms with Crippen molar-refractivity contribution in [3.8, 4) is 17.2 Å². The van der Waals surface area contributed by atoms with Crippen molar-refractivity contribution in [1.29, 1.82) is 0 Å². The average molecular weight is 635 g/mol. The molecule has 3 N–H and O–H groups in total. The molecule has 0 heterocycles. The SMILES string of the molecule is COc1cc(C)c(P(c2cc(S(=O)(=O)O)c(OC)cc2C)c2cc(S(=O)(=O)O)c(OC)cc2C)cc1S(=O)(=O)O.